The minimum absolute atomic E-state index is 0. The van der Waals surface area contributed by atoms with Crippen LogP contribution in [0.25, 0.3) is 0 Å². The van der Waals surface area contributed by atoms with E-state index >= 15 is 0 Å². The summed E-state index contributed by atoms with van der Waals surface area (Å²) in [6, 6.07) is 6.67. The summed E-state index contributed by atoms with van der Waals surface area (Å²) in [4.78, 5) is 23.0. The highest BCUT2D eigenvalue weighted by atomic mass is 35.5. The Balaban J connectivity index is 0.00000180. The fraction of sp³-hybridized carbons (Fsp3) is 0.385. The predicted molar refractivity (Wildman–Crippen MR) is 76.4 cm³/mol. The molecule has 2 rings (SSSR count). The van der Waals surface area contributed by atoms with E-state index < -0.39 is 5.91 Å². The first-order valence-electron chi connectivity index (χ1n) is 6.08. The molecule has 0 aliphatic carbocycles. The quantitative estimate of drug-likeness (QED) is 0.778. The SMILES string of the molecule is Cl.NC(=O)c1cccc(NC(=O)[C@@H]2CCCNC2)c1. The lowest BCUT2D eigenvalue weighted by Gasteiger charge is -2.21. The van der Waals surface area contributed by atoms with Gasteiger partial charge in [-0.15, -0.1) is 12.4 Å². The maximum absolute atomic E-state index is 12.0. The Bertz CT molecular complexity index is 459. The summed E-state index contributed by atoms with van der Waals surface area (Å²) in [7, 11) is 0. The molecule has 0 saturated carbocycles. The zero-order valence-electron chi connectivity index (χ0n) is 10.5. The molecule has 1 aromatic rings. The lowest BCUT2D eigenvalue weighted by Crippen LogP contribution is -2.37. The third kappa shape index (κ3) is 4.22. The highest BCUT2D eigenvalue weighted by molar-refractivity contribution is 5.97. The Hall–Kier alpha value is -1.59. The average Bonchev–Trinajstić information content (AvgIpc) is 2.40. The van der Waals surface area contributed by atoms with Crippen LogP contribution in [0.4, 0.5) is 5.69 Å². The van der Waals surface area contributed by atoms with Gasteiger partial charge in [-0.2, -0.15) is 0 Å². The van der Waals surface area contributed by atoms with Crippen LogP contribution in [-0.2, 0) is 4.79 Å². The van der Waals surface area contributed by atoms with Gasteiger partial charge >= 0.3 is 0 Å². The lowest BCUT2D eigenvalue weighted by atomic mass is 9.99. The smallest absolute Gasteiger partial charge is 0.248 e. The van der Waals surface area contributed by atoms with E-state index in [2.05, 4.69) is 10.6 Å². The molecular formula is C13H18ClN3O2. The Kier molecular flexibility index (Phi) is 5.79. The number of anilines is 1. The molecule has 1 saturated heterocycles. The Morgan fingerprint density at radius 3 is 2.79 bits per heavy atom. The van der Waals surface area contributed by atoms with Crippen LogP contribution < -0.4 is 16.4 Å². The third-order valence-electron chi connectivity index (χ3n) is 3.08. The normalized spacial score (nSPS) is 18.2. The zero-order chi connectivity index (χ0) is 13.0. The molecule has 2 amide bonds. The topological polar surface area (TPSA) is 84.2 Å². The first kappa shape index (κ1) is 15.5. The summed E-state index contributed by atoms with van der Waals surface area (Å²) in [5.74, 6) is -0.509. The predicted octanol–water partition coefficient (Wildman–Crippen LogP) is 1.15. The molecular weight excluding hydrogens is 266 g/mol. The fourth-order valence-electron chi connectivity index (χ4n) is 2.07. The van der Waals surface area contributed by atoms with Crippen molar-refractivity contribution in [2.75, 3.05) is 18.4 Å². The molecule has 1 aliphatic rings. The first-order valence-corrected chi connectivity index (χ1v) is 6.08. The van der Waals surface area contributed by atoms with Gasteiger partial charge in [0, 0.05) is 17.8 Å². The molecule has 0 spiro atoms. The second-order valence-corrected chi connectivity index (χ2v) is 4.48. The van der Waals surface area contributed by atoms with Gasteiger partial charge in [0.25, 0.3) is 0 Å². The molecule has 0 radical (unpaired) electrons. The van der Waals surface area contributed by atoms with E-state index in [4.69, 9.17) is 5.73 Å². The van der Waals surface area contributed by atoms with Crippen molar-refractivity contribution in [1.29, 1.82) is 0 Å². The maximum atomic E-state index is 12.0. The summed E-state index contributed by atoms with van der Waals surface area (Å²) in [5, 5.41) is 6.02. The molecule has 4 N–H and O–H groups in total. The van der Waals surface area contributed by atoms with Crippen molar-refractivity contribution in [3.8, 4) is 0 Å². The molecule has 0 bridgehead atoms. The Morgan fingerprint density at radius 1 is 1.37 bits per heavy atom. The van der Waals surface area contributed by atoms with Crippen molar-refractivity contribution in [3.63, 3.8) is 0 Å². The van der Waals surface area contributed by atoms with Gasteiger partial charge in [-0.3, -0.25) is 9.59 Å². The standard InChI is InChI=1S/C13H17N3O2.ClH/c14-12(17)9-3-1-5-11(7-9)16-13(18)10-4-2-6-15-8-10;/h1,3,5,7,10,15H,2,4,6,8H2,(H2,14,17)(H,16,18);1H/t10-;/m1./s1. The Labute approximate surface area is 118 Å². The van der Waals surface area contributed by atoms with Crippen molar-refractivity contribution in [3.05, 3.63) is 29.8 Å². The van der Waals surface area contributed by atoms with Gasteiger partial charge in [0.2, 0.25) is 11.8 Å². The fourth-order valence-corrected chi connectivity index (χ4v) is 2.07. The number of primary amides is 1. The second-order valence-electron chi connectivity index (χ2n) is 4.48. The maximum Gasteiger partial charge on any atom is 0.248 e. The van der Waals surface area contributed by atoms with Gasteiger partial charge in [-0.25, -0.2) is 0 Å². The molecule has 5 nitrogen and oxygen atoms in total. The van der Waals surface area contributed by atoms with Gasteiger partial charge < -0.3 is 16.4 Å². The number of hydrogen-bond donors (Lipinski definition) is 3. The summed E-state index contributed by atoms with van der Waals surface area (Å²) >= 11 is 0. The van der Waals surface area contributed by atoms with Crippen LogP contribution in [-0.4, -0.2) is 24.9 Å². The number of carbonyl (C=O) groups is 2. The molecule has 1 fully saturated rings. The van der Waals surface area contributed by atoms with Crippen LogP contribution in [0.15, 0.2) is 24.3 Å². The molecule has 1 aliphatic heterocycles. The van der Waals surface area contributed by atoms with E-state index in [1.54, 1.807) is 24.3 Å². The number of halogens is 1. The van der Waals surface area contributed by atoms with Gasteiger partial charge in [-0.1, -0.05) is 6.07 Å². The number of benzene rings is 1. The van der Waals surface area contributed by atoms with E-state index in [1.165, 1.54) is 0 Å². The van der Waals surface area contributed by atoms with Crippen LogP contribution in [0.1, 0.15) is 23.2 Å². The minimum atomic E-state index is -0.495. The van der Waals surface area contributed by atoms with E-state index in [0.717, 1.165) is 19.4 Å². The number of carbonyl (C=O) groups excluding carboxylic acids is 2. The van der Waals surface area contributed by atoms with E-state index in [9.17, 15) is 9.59 Å². The zero-order valence-corrected chi connectivity index (χ0v) is 11.3. The third-order valence-corrected chi connectivity index (χ3v) is 3.08. The molecule has 1 heterocycles. The van der Waals surface area contributed by atoms with Gasteiger partial charge in [-0.05, 0) is 37.6 Å². The molecule has 19 heavy (non-hydrogen) atoms. The van der Waals surface area contributed by atoms with E-state index in [1.807, 2.05) is 0 Å². The molecule has 6 heteroatoms. The summed E-state index contributed by atoms with van der Waals surface area (Å²) in [6.45, 7) is 1.68. The van der Waals surface area contributed by atoms with Crippen molar-refractivity contribution in [1.82, 2.24) is 5.32 Å². The van der Waals surface area contributed by atoms with Gasteiger partial charge in [0.1, 0.15) is 0 Å². The molecule has 104 valence electrons. The van der Waals surface area contributed by atoms with E-state index in [0.29, 0.717) is 17.8 Å². The van der Waals surface area contributed by atoms with Crippen LogP contribution >= 0.6 is 12.4 Å². The monoisotopic (exact) mass is 283 g/mol. The van der Waals surface area contributed by atoms with Crippen molar-refractivity contribution >= 4 is 29.9 Å². The average molecular weight is 284 g/mol. The molecule has 1 atom stereocenters. The number of rotatable bonds is 3. The van der Waals surface area contributed by atoms with Crippen LogP contribution in [0.3, 0.4) is 0 Å². The van der Waals surface area contributed by atoms with Crippen molar-refractivity contribution in [2.45, 2.75) is 12.8 Å². The number of amides is 2. The Morgan fingerprint density at radius 2 is 2.16 bits per heavy atom. The largest absolute Gasteiger partial charge is 0.366 e. The highest BCUT2D eigenvalue weighted by Gasteiger charge is 2.20. The van der Waals surface area contributed by atoms with Crippen LogP contribution in [0.5, 0.6) is 0 Å². The van der Waals surface area contributed by atoms with Crippen LogP contribution in [0, 0.1) is 5.92 Å². The number of nitrogens with one attached hydrogen (secondary N) is 2. The number of piperidine rings is 1. The minimum Gasteiger partial charge on any atom is -0.366 e. The second kappa shape index (κ2) is 7.11. The van der Waals surface area contributed by atoms with Crippen molar-refractivity contribution in [2.24, 2.45) is 11.7 Å². The van der Waals surface area contributed by atoms with Gasteiger partial charge in [0.05, 0.1) is 5.92 Å². The first-order chi connectivity index (χ1) is 8.66. The van der Waals surface area contributed by atoms with E-state index in [-0.39, 0.29) is 24.2 Å². The summed E-state index contributed by atoms with van der Waals surface area (Å²) in [6.07, 6.45) is 1.91. The highest BCUT2D eigenvalue weighted by Crippen LogP contribution is 2.15. The van der Waals surface area contributed by atoms with Gasteiger partial charge in [0.15, 0.2) is 0 Å². The van der Waals surface area contributed by atoms with Crippen LogP contribution in [0.2, 0.25) is 0 Å². The number of nitrogens with two attached hydrogens (primary N) is 1. The van der Waals surface area contributed by atoms with Crippen molar-refractivity contribution < 1.29 is 9.59 Å². The molecule has 1 aromatic carbocycles. The molecule has 0 aromatic heterocycles. The number of hydrogen-bond acceptors (Lipinski definition) is 3. The lowest BCUT2D eigenvalue weighted by molar-refractivity contribution is -0.120. The molecule has 0 unspecified atom stereocenters. The summed E-state index contributed by atoms with van der Waals surface area (Å²) in [5.41, 5.74) is 6.21. The summed E-state index contributed by atoms with van der Waals surface area (Å²) < 4.78 is 0.